The van der Waals surface area contributed by atoms with Crippen LogP contribution < -0.4 is 10.2 Å². The Balaban J connectivity index is 3.73. The van der Waals surface area contributed by atoms with E-state index in [1.165, 1.54) is 135 Å². The zero-order valence-corrected chi connectivity index (χ0v) is 31.9. The number of carbonyl (C=O) groups is 1. The van der Waals surface area contributed by atoms with Crippen molar-refractivity contribution in [1.82, 2.24) is 5.32 Å². The molecule has 46 heavy (non-hydrogen) atoms. The number of likely N-dealkylation sites (N-methyl/N-ethyl adjacent to an activating group) is 1. The minimum Gasteiger partial charge on any atom is -0.756 e. The minimum atomic E-state index is -4.52. The van der Waals surface area contributed by atoms with E-state index in [9.17, 15) is 19.4 Å². The van der Waals surface area contributed by atoms with E-state index in [-0.39, 0.29) is 25.5 Å². The van der Waals surface area contributed by atoms with E-state index in [0.29, 0.717) is 17.4 Å². The molecule has 2 N–H and O–H groups in total. The highest BCUT2D eigenvalue weighted by molar-refractivity contribution is 7.45. The maximum absolute atomic E-state index is 12.2. The van der Waals surface area contributed by atoms with E-state index in [4.69, 9.17) is 9.05 Å². The van der Waals surface area contributed by atoms with Crippen molar-refractivity contribution in [3.63, 3.8) is 0 Å². The summed E-state index contributed by atoms with van der Waals surface area (Å²) in [6, 6.07) is -0.790. The smallest absolute Gasteiger partial charge is 0.268 e. The average molecular weight is 677 g/mol. The molecule has 9 heteroatoms. The molecule has 0 aliphatic carbocycles. The van der Waals surface area contributed by atoms with Crippen LogP contribution in [0.4, 0.5) is 0 Å². The molecule has 3 atom stereocenters. The van der Waals surface area contributed by atoms with Gasteiger partial charge < -0.3 is 28.8 Å². The lowest BCUT2D eigenvalue weighted by molar-refractivity contribution is -0.870. The summed E-state index contributed by atoms with van der Waals surface area (Å²) in [4.78, 5) is 24.1. The van der Waals surface area contributed by atoms with Crippen LogP contribution in [-0.4, -0.2) is 68.5 Å². The van der Waals surface area contributed by atoms with Gasteiger partial charge in [-0.3, -0.25) is 9.36 Å². The number of hydrogen-bond acceptors (Lipinski definition) is 6. The van der Waals surface area contributed by atoms with Crippen LogP contribution in [0.5, 0.6) is 0 Å². The number of amides is 1. The van der Waals surface area contributed by atoms with Crippen molar-refractivity contribution in [2.45, 2.75) is 193 Å². The standard InChI is InChI=1S/C37H77N2O6P/c1-6-8-9-10-11-12-13-14-15-16-17-18-19-20-21-22-23-24-25-26-27-28-29-30-31-36(40)35(38-37(41)7-2)34-45-46(42,43)44-33-32-39(3,4)5/h35-36,40H,6-34H2,1-5H3,(H-,38,41,42,43). The lowest BCUT2D eigenvalue weighted by Crippen LogP contribution is -2.46. The highest BCUT2D eigenvalue weighted by Gasteiger charge is 2.24. The second-order valence-corrected chi connectivity index (χ2v) is 16.0. The van der Waals surface area contributed by atoms with Crippen molar-refractivity contribution >= 4 is 13.7 Å². The van der Waals surface area contributed by atoms with Crippen molar-refractivity contribution < 1.29 is 32.9 Å². The second kappa shape index (κ2) is 30.6. The Hall–Kier alpha value is -0.500. The van der Waals surface area contributed by atoms with E-state index in [0.717, 1.165) is 19.3 Å². The minimum absolute atomic E-state index is 0.0123. The summed E-state index contributed by atoms with van der Waals surface area (Å²) < 4.78 is 22.7. The summed E-state index contributed by atoms with van der Waals surface area (Å²) in [5.41, 5.74) is 0. The van der Waals surface area contributed by atoms with Crippen molar-refractivity contribution in [3.8, 4) is 0 Å². The second-order valence-electron chi connectivity index (χ2n) is 14.6. The molecule has 0 rings (SSSR count). The summed E-state index contributed by atoms with van der Waals surface area (Å²) in [7, 11) is 1.30. The molecule has 1 amide bonds. The first-order chi connectivity index (χ1) is 22.0. The van der Waals surface area contributed by atoms with E-state index in [1.54, 1.807) is 6.92 Å². The Morgan fingerprint density at radius 1 is 0.674 bits per heavy atom. The van der Waals surface area contributed by atoms with Crippen molar-refractivity contribution in [1.29, 1.82) is 0 Å². The van der Waals surface area contributed by atoms with Crippen LogP contribution in [0.15, 0.2) is 0 Å². The lowest BCUT2D eigenvalue weighted by Gasteiger charge is -2.30. The Morgan fingerprint density at radius 2 is 1.04 bits per heavy atom. The van der Waals surface area contributed by atoms with Gasteiger partial charge in [0.05, 0.1) is 39.9 Å². The van der Waals surface area contributed by atoms with Crippen LogP contribution in [-0.2, 0) is 18.4 Å². The number of nitrogens with one attached hydrogen (secondary N) is 1. The van der Waals surface area contributed by atoms with Gasteiger partial charge in [-0.25, -0.2) is 0 Å². The molecule has 0 aromatic carbocycles. The molecule has 0 saturated carbocycles. The van der Waals surface area contributed by atoms with Crippen molar-refractivity contribution in [3.05, 3.63) is 0 Å². The normalized spacial score (nSPS) is 14.7. The molecule has 0 saturated heterocycles. The zero-order chi connectivity index (χ0) is 34.4. The van der Waals surface area contributed by atoms with Gasteiger partial charge >= 0.3 is 0 Å². The molecule has 0 aliphatic heterocycles. The summed E-state index contributed by atoms with van der Waals surface area (Å²) in [5, 5.41) is 13.4. The quantitative estimate of drug-likeness (QED) is 0.0394. The SMILES string of the molecule is CCCCCCCCCCCCCCCCCCCCCCCCCCC(O)C(COP(=O)([O-])OCC[N+](C)(C)C)NC(=O)CC. The summed E-state index contributed by atoms with van der Waals surface area (Å²) in [6.45, 7) is 4.19. The van der Waals surface area contributed by atoms with Gasteiger partial charge in [0.2, 0.25) is 5.91 Å². The predicted octanol–water partition coefficient (Wildman–Crippen LogP) is 9.22. The van der Waals surface area contributed by atoms with Crippen LogP contribution >= 0.6 is 7.82 Å². The number of quaternary nitrogens is 1. The van der Waals surface area contributed by atoms with Crippen molar-refractivity contribution in [2.24, 2.45) is 0 Å². The van der Waals surface area contributed by atoms with Gasteiger partial charge in [-0.2, -0.15) is 0 Å². The third-order valence-electron chi connectivity index (χ3n) is 8.91. The van der Waals surface area contributed by atoms with E-state index in [1.807, 2.05) is 21.1 Å². The van der Waals surface area contributed by atoms with Gasteiger partial charge in [0.1, 0.15) is 13.2 Å². The fourth-order valence-electron chi connectivity index (χ4n) is 5.71. The first-order valence-electron chi connectivity index (χ1n) is 19.4. The molecule has 0 aliphatic rings. The molecule has 0 aromatic rings. The van der Waals surface area contributed by atoms with E-state index in [2.05, 4.69) is 12.2 Å². The maximum Gasteiger partial charge on any atom is 0.268 e. The van der Waals surface area contributed by atoms with Gasteiger partial charge in [-0.1, -0.05) is 168 Å². The Bertz CT molecular complexity index is 733. The summed E-state index contributed by atoms with van der Waals surface area (Å²) in [6.07, 6.45) is 32.0. The number of nitrogens with zero attached hydrogens (tertiary/aromatic N) is 1. The zero-order valence-electron chi connectivity index (χ0n) is 31.0. The van der Waals surface area contributed by atoms with Crippen LogP contribution in [0.2, 0.25) is 0 Å². The molecule has 276 valence electrons. The van der Waals surface area contributed by atoms with Gasteiger partial charge in [0, 0.05) is 6.42 Å². The third-order valence-corrected chi connectivity index (χ3v) is 9.87. The fourth-order valence-corrected chi connectivity index (χ4v) is 6.43. The number of carbonyl (C=O) groups excluding carboxylic acids is 1. The van der Waals surface area contributed by atoms with Crippen LogP contribution in [0.3, 0.4) is 0 Å². The molecular weight excluding hydrogens is 599 g/mol. The summed E-state index contributed by atoms with van der Waals surface area (Å²) in [5.74, 6) is -0.251. The summed E-state index contributed by atoms with van der Waals surface area (Å²) >= 11 is 0. The molecule has 0 aromatic heterocycles. The number of hydrogen-bond donors (Lipinski definition) is 2. The van der Waals surface area contributed by atoms with Crippen LogP contribution in [0.1, 0.15) is 181 Å². The van der Waals surface area contributed by atoms with Gasteiger partial charge in [0.15, 0.2) is 0 Å². The largest absolute Gasteiger partial charge is 0.756 e. The molecule has 0 spiro atoms. The molecule has 0 fully saturated rings. The third kappa shape index (κ3) is 32.1. The first-order valence-corrected chi connectivity index (χ1v) is 20.8. The molecule has 8 nitrogen and oxygen atoms in total. The molecule has 0 heterocycles. The van der Waals surface area contributed by atoms with E-state index >= 15 is 0 Å². The highest BCUT2D eigenvalue weighted by atomic mass is 31.2. The van der Waals surface area contributed by atoms with Crippen LogP contribution in [0.25, 0.3) is 0 Å². The van der Waals surface area contributed by atoms with E-state index < -0.39 is 20.0 Å². The number of unbranched alkanes of at least 4 members (excludes halogenated alkanes) is 23. The Kier molecular flexibility index (Phi) is 30.2. The number of phosphoric acid groups is 1. The van der Waals surface area contributed by atoms with Crippen LogP contribution in [0, 0.1) is 0 Å². The molecule has 0 bridgehead atoms. The fraction of sp³-hybridized carbons (Fsp3) is 0.973. The number of rotatable bonds is 35. The monoisotopic (exact) mass is 677 g/mol. The highest BCUT2D eigenvalue weighted by Crippen LogP contribution is 2.38. The maximum atomic E-state index is 12.2. The molecule has 0 radical (unpaired) electrons. The average Bonchev–Trinajstić information content (AvgIpc) is 3.00. The van der Waals surface area contributed by atoms with Gasteiger partial charge in [0.25, 0.3) is 7.82 Å². The number of aliphatic hydroxyl groups is 1. The van der Waals surface area contributed by atoms with Crippen molar-refractivity contribution in [2.75, 3.05) is 40.9 Å². The molecular formula is C37H77N2O6P. The predicted molar refractivity (Wildman–Crippen MR) is 192 cm³/mol. The Labute approximate surface area is 285 Å². The first kappa shape index (κ1) is 45.5. The topological polar surface area (TPSA) is 108 Å². The lowest BCUT2D eigenvalue weighted by atomic mass is 10.0. The van der Waals surface area contributed by atoms with Gasteiger partial charge in [-0.05, 0) is 6.42 Å². The Morgan fingerprint density at radius 3 is 1.39 bits per heavy atom. The van der Waals surface area contributed by atoms with Gasteiger partial charge in [-0.15, -0.1) is 0 Å². The number of aliphatic hydroxyl groups excluding tert-OH is 1. The number of phosphoric ester groups is 1. The molecule has 3 unspecified atom stereocenters.